The van der Waals surface area contributed by atoms with Crippen molar-refractivity contribution in [3.8, 4) is 5.75 Å². The van der Waals surface area contributed by atoms with Gasteiger partial charge < -0.3 is 10.1 Å². The monoisotopic (exact) mass is 281 g/mol. The summed E-state index contributed by atoms with van der Waals surface area (Å²) < 4.78 is 5.24. The van der Waals surface area contributed by atoms with Crippen LogP contribution >= 0.6 is 22.9 Å². The molecule has 0 spiro atoms. The van der Waals surface area contributed by atoms with Crippen molar-refractivity contribution in [3.63, 3.8) is 0 Å². The van der Waals surface area contributed by atoms with Gasteiger partial charge in [0.2, 0.25) is 0 Å². The summed E-state index contributed by atoms with van der Waals surface area (Å²) in [6.45, 7) is 3.02. The van der Waals surface area contributed by atoms with Crippen LogP contribution in [-0.2, 0) is 0 Å². The zero-order chi connectivity index (χ0) is 13.0. The van der Waals surface area contributed by atoms with Crippen molar-refractivity contribution in [3.05, 3.63) is 51.2 Å². The molecule has 4 heteroatoms. The first-order valence-electron chi connectivity index (χ1n) is 5.86. The average Bonchev–Trinajstić information content (AvgIpc) is 2.86. The minimum atomic E-state index is 0.196. The Hall–Kier alpha value is -1.03. The number of hydrogen-bond donors (Lipinski definition) is 1. The van der Waals surface area contributed by atoms with E-state index < -0.39 is 0 Å². The normalized spacial score (nSPS) is 12.4. The van der Waals surface area contributed by atoms with Gasteiger partial charge in [0.15, 0.2) is 0 Å². The van der Waals surface area contributed by atoms with Crippen LogP contribution in [0.1, 0.15) is 23.4 Å². The molecule has 1 heterocycles. The summed E-state index contributed by atoms with van der Waals surface area (Å²) in [6.07, 6.45) is 0. The number of benzene rings is 1. The first-order chi connectivity index (χ1) is 8.74. The topological polar surface area (TPSA) is 21.3 Å². The Bertz CT molecular complexity index is 495. The molecule has 2 nitrogen and oxygen atoms in total. The summed E-state index contributed by atoms with van der Waals surface area (Å²) in [5.74, 6) is 0.909. The van der Waals surface area contributed by atoms with Crippen molar-refractivity contribution in [1.29, 1.82) is 0 Å². The second-order valence-corrected chi connectivity index (χ2v) is 5.31. The number of thiophene rings is 1. The minimum Gasteiger partial charge on any atom is -0.496 e. The van der Waals surface area contributed by atoms with Crippen LogP contribution in [0.5, 0.6) is 5.75 Å². The Morgan fingerprint density at radius 3 is 2.61 bits per heavy atom. The molecule has 1 atom stereocenters. The lowest BCUT2D eigenvalue weighted by Crippen LogP contribution is -2.20. The maximum absolute atomic E-state index is 5.93. The smallest absolute Gasteiger partial charge is 0.129 e. The molecule has 18 heavy (non-hydrogen) atoms. The first kappa shape index (κ1) is 13.4. The largest absolute Gasteiger partial charge is 0.496 e. The van der Waals surface area contributed by atoms with E-state index in [4.69, 9.17) is 16.3 Å². The Morgan fingerprint density at radius 1 is 1.33 bits per heavy atom. The second-order valence-electron chi connectivity index (χ2n) is 3.93. The lowest BCUT2D eigenvalue weighted by molar-refractivity contribution is 0.416. The minimum absolute atomic E-state index is 0.196. The Morgan fingerprint density at radius 2 is 2.06 bits per heavy atom. The molecular formula is C14H16ClNOS. The van der Waals surface area contributed by atoms with E-state index in [1.54, 1.807) is 18.4 Å². The van der Waals surface area contributed by atoms with Crippen LogP contribution in [0.2, 0.25) is 5.02 Å². The molecule has 0 bridgehead atoms. The highest BCUT2D eigenvalue weighted by molar-refractivity contribution is 7.10. The molecule has 1 aromatic carbocycles. The number of nitrogens with one attached hydrogen (secondary N) is 1. The number of rotatable bonds is 5. The third kappa shape index (κ3) is 3.05. The van der Waals surface area contributed by atoms with E-state index in [-0.39, 0.29) is 6.04 Å². The number of halogens is 1. The van der Waals surface area contributed by atoms with Gasteiger partial charge in [0.25, 0.3) is 0 Å². The molecule has 2 rings (SSSR count). The highest BCUT2D eigenvalue weighted by Crippen LogP contribution is 2.31. The van der Waals surface area contributed by atoms with Crippen molar-refractivity contribution in [2.45, 2.75) is 13.0 Å². The van der Waals surface area contributed by atoms with Crippen LogP contribution in [0.4, 0.5) is 0 Å². The Balaban J connectivity index is 2.29. The molecule has 1 N–H and O–H groups in total. The van der Waals surface area contributed by atoms with Crippen LogP contribution in [0.25, 0.3) is 0 Å². The summed E-state index contributed by atoms with van der Waals surface area (Å²) in [6, 6.07) is 10.2. The second kappa shape index (κ2) is 6.23. The van der Waals surface area contributed by atoms with Gasteiger partial charge >= 0.3 is 0 Å². The van der Waals surface area contributed by atoms with Gasteiger partial charge in [0, 0.05) is 15.3 Å². The zero-order valence-corrected chi connectivity index (χ0v) is 12.0. The summed E-state index contributed by atoms with van der Waals surface area (Å²) in [4.78, 5) is 1.25. The lowest BCUT2D eigenvalue weighted by Gasteiger charge is -2.16. The van der Waals surface area contributed by atoms with Crippen LogP contribution < -0.4 is 10.1 Å². The quantitative estimate of drug-likeness (QED) is 0.890. The van der Waals surface area contributed by atoms with E-state index in [1.807, 2.05) is 17.5 Å². The van der Waals surface area contributed by atoms with E-state index in [1.165, 1.54) is 10.4 Å². The summed E-state index contributed by atoms with van der Waals surface area (Å²) in [5.41, 5.74) is 1.21. The van der Waals surface area contributed by atoms with Gasteiger partial charge in [-0.3, -0.25) is 0 Å². The van der Waals surface area contributed by atoms with Gasteiger partial charge in [-0.25, -0.2) is 0 Å². The highest BCUT2D eigenvalue weighted by atomic mass is 35.5. The lowest BCUT2D eigenvalue weighted by atomic mass is 10.1. The van der Waals surface area contributed by atoms with Gasteiger partial charge in [0.1, 0.15) is 5.75 Å². The van der Waals surface area contributed by atoms with Crippen molar-refractivity contribution in [2.75, 3.05) is 13.7 Å². The van der Waals surface area contributed by atoms with Gasteiger partial charge in [-0.2, -0.15) is 0 Å². The molecule has 0 radical (unpaired) electrons. The van der Waals surface area contributed by atoms with E-state index in [0.717, 1.165) is 17.3 Å². The predicted octanol–water partition coefficient (Wildman–Crippen LogP) is 4.11. The molecule has 2 aromatic rings. The molecule has 96 valence electrons. The first-order valence-corrected chi connectivity index (χ1v) is 7.11. The van der Waals surface area contributed by atoms with Gasteiger partial charge in [-0.1, -0.05) is 30.7 Å². The molecule has 0 saturated carbocycles. The Kier molecular flexibility index (Phi) is 4.64. The molecule has 0 saturated heterocycles. The molecule has 0 aliphatic carbocycles. The standard InChI is InChI=1S/C14H16ClNOS/c1-3-16-14(10-4-6-11(15)7-5-10)13-8-12(17-2)9-18-13/h4-9,14,16H,3H2,1-2H3. The fraction of sp³-hybridized carbons (Fsp3) is 0.286. The molecule has 0 amide bonds. The average molecular weight is 282 g/mol. The fourth-order valence-corrected chi connectivity index (χ4v) is 2.92. The maximum Gasteiger partial charge on any atom is 0.129 e. The van der Waals surface area contributed by atoms with Gasteiger partial charge in [-0.15, -0.1) is 11.3 Å². The summed E-state index contributed by atoms with van der Waals surface area (Å²) in [5, 5.41) is 6.27. The molecule has 1 unspecified atom stereocenters. The van der Waals surface area contributed by atoms with Crippen molar-refractivity contribution in [1.82, 2.24) is 5.32 Å². The molecule has 0 fully saturated rings. The third-order valence-corrected chi connectivity index (χ3v) is 3.96. The number of hydrogen-bond acceptors (Lipinski definition) is 3. The number of ether oxygens (including phenoxy) is 1. The van der Waals surface area contributed by atoms with Crippen molar-refractivity contribution in [2.24, 2.45) is 0 Å². The molecule has 1 aromatic heterocycles. The van der Waals surface area contributed by atoms with Crippen LogP contribution in [-0.4, -0.2) is 13.7 Å². The van der Waals surface area contributed by atoms with E-state index in [0.29, 0.717) is 0 Å². The molecular weight excluding hydrogens is 266 g/mol. The Labute approximate surface area is 117 Å². The summed E-state index contributed by atoms with van der Waals surface area (Å²) in [7, 11) is 1.69. The van der Waals surface area contributed by atoms with Crippen LogP contribution in [0, 0.1) is 0 Å². The number of methoxy groups -OCH3 is 1. The van der Waals surface area contributed by atoms with Gasteiger partial charge in [0.05, 0.1) is 13.2 Å². The zero-order valence-electron chi connectivity index (χ0n) is 10.4. The van der Waals surface area contributed by atoms with Crippen molar-refractivity contribution >= 4 is 22.9 Å². The SMILES string of the molecule is CCNC(c1ccc(Cl)cc1)c1cc(OC)cs1. The predicted molar refractivity (Wildman–Crippen MR) is 77.8 cm³/mol. The van der Waals surface area contributed by atoms with E-state index >= 15 is 0 Å². The van der Waals surface area contributed by atoms with E-state index in [2.05, 4.69) is 30.4 Å². The molecule has 0 aliphatic heterocycles. The van der Waals surface area contributed by atoms with E-state index in [9.17, 15) is 0 Å². The fourth-order valence-electron chi connectivity index (χ4n) is 1.83. The van der Waals surface area contributed by atoms with Crippen LogP contribution in [0.15, 0.2) is 35.7 Å². The van der Waals surface area contributed by atoms with Crippen molar-refractivity contribution < 1.29 is 4.74 Å². The molecule has 0 aliphatic rings. The summed E-state index contributed by atoms with van der Waals surface area (Å²) >= 11 is 7.63. The van der Waals surface area contributed by atoms with Crippen LogP contribution in [0.3, 0.4) is 0 Å². The third-order valence-electron chi connectivity index (χ3n) is 2.73. The highest BCUT2D eigenvalue weighted by Gasteiger charge is 2.15. The maximum atomic E-state index is 5.93. The van der Waals surface area contributed by atoms with Gasteiger partial charge in [-0.05, 0) is 30.3 Å².